The quantitative estimate of drug-likeness (QED) is 0.649. The Bertz CT molecular complexity index is 978. The van der Waals surface area contributed by atoms with Gasteiger partial charge in [0, 0.05) is 30.0 Å². The highest BCUT2D eigenvalue weighted by atomic mass is 16.2. The highest BCUT2D eigenvalue weighted by Crippen LogP contribution is 2.21. The van der Waals surface area contributed by atoms with Crippen molar-refractivity contribution in [2.75, 3.05) is 13.1 Å². The molecule has 2 aromatic carbocycles. The molecule has 1 saturated heterocycles. The Morgan fingerprint density at radius 1 is 1.13 bits per heavy atom. The lowest BCUT2D eigenvalue weighted by Gasteiger charge is -2.32. The Hall–Kier alpha value is -3.08. The van der Waals surface area contributed by atoms with E-state index in [1.54, 1.807) is 0 Å². The van der Waals surface area contributed by atoms with Gasteiger partial charge in [-0.15, -0.1) is 0 Å². The molecule has 2 amide bonds. The second-order valence-corrected chi connectivity index (χ2v) is 8.29. The fourth-order valence-electron chi connectivity index (χ4n) is 4.20. The summed E-state index contributed by atoms with van der Waals surface area (Å²) in [7, 11) is 0. The van der Waals surface area contributed by atoms with Gasteiger partial charge in [-0.3, -0.25) is 9.59 Å². The first-order valence-corrected chi connectivity index (χ1v) is 10.8. The maximum Gasteiger partial charge on any atom is 0.270 e. The van der Waals surface area contributed by atoms with E-state index in [1.807, 2.05) is 53.4 Å². The van der Waals surface area contributed by atoms with Gasteiger partial charge in [0.25, 0.3) is 5.91 Å². The molecule has 0 unspecified atom stereocenters. The molecule has 5 nitrogen and oxygen atoms in total. The van der Waals surface area contributed by atoms with Crippen molar-refractivity contribution in [2.24, 2.45) is 5.92 Å². The molecule has 3 aromatic rings. The largest absolute Gasteiger partial charge is 0.353 e. The van der Waals surface area contributed by atoms with Crippen molar-refractivity contribution in [3.63, 3.8) is 0 Å². The van der Waals surface area contributed by atoms with Gasteiger partial charge in [0.1, 0.15) is 5.69 Å². The number of hydrogen-bond acceptors (Lipinski definition) is 2. The van der Waals surface area contributed by atoms with Crippen molar-refractivity contribution < 1.29 is 9.59 Å². The summed E-state index contributed by atoms with van der Waals surface area (Å²) in [6.45, 7) is 3.23. The lowest BCUT2D eigenvalue weighted by molar-refractivity contribution is -0.127. The zero-order chi connectivity index (χ0) is 20.9. The first-order chi connectivity index (χ1) is 14.6. The number of nitrogens with one attached hydrogen (secondary N) is 2. The van der Waals surface area contributed by atoms with Crippen LogP contribution in [0.5, 0.6) is 0 Å². The summed E-state index contributed by atoms with van der Waals surface area (Å²) in [5.74, 6) is -0.114. The minimum Gasteiger partial charge on any atom is -0.353 e. The Morgan fingerprint density at radius 3 is 2.70 bits per heavy atom. The molecule has 2 N–H and O–H groups in total. The topological polar surface area (TPSA) is 65.2 Å². The predicted molar refractivity (Wildman–Crippen MR) is 119 cm³/mol. The van der Waals surface area contributed by atoms with Crippen molar-refractivity contribution in [3.05, 3.63) is 71.9 Å². The average Bonchev–Trinajstić information content (AvgIpc) is 3.22. The molecule has 156 valence electrons. The number of benzene rings is 2. The smallest absolute Gasteiger partial charge is 0.270 e. The molecule has 0 radical (unpaired) electrons. The normalized spacial score (nSPS) is 17.6. The van der Waals surface area contributed by atoms with Crippen LogP contribution < -0.4 is 5.32 Å². The summed E-state index contributed by atoms with van der Waals surface area (Å²) >= 11 is 0. The maximum absolute atomic E-state index is 13.0. The summed E-state index contributed by atoms with van der Waals surface area (Å²) in [6, 6.07) is 20.2. The summed E-state index contributed by atoms with van der Waals surface area (Å²) in [5.41, 5.74) is 2.83. The van der Waals surface area contributed by atoms with Crippen molar-refractivity contribution >= 4 is 22.7 Å². The van der Waals surface area contributed by atoms with Gasteiger partial charge in [0.2, 0.25) is 5.91 Å². The van der Waals surface area contributed by atoms with E-state index in [0.717, 1.165) is 36.6 Å². The van der Waals surface area contributed by atoms with E-state index in [4.69, 9.17) is 0 Å². The molecule has 5 heteroatoms. The molecule has 2 atom stereocenters. The van der Waals surface area contributed by atoms with E-state index in [9.17, 15) is 9.59 Å². The van der Waals surface area contributed by atoms with Gasteiger partial charge in [0.15, 0.2) is 0 Å². The third-order valence-corrected chi connectivity index (χ3v) is 5.94. The van der Waals surface area contributed by atoms with E-state index >= 15 is 0 Å². The molecule has 1 fully saturated rings. The minimum absolute atomic E-state index is 0.0270. The van der Waals surface area contributed by atoms with E-state index in [-0.39, 0.29) is 23.8 Å². The van der Waals surface area contributed by atoms with Gasteiger partial charge in [-0.2, -0.15) is 0 Å². The van der Waals surface area contributed by atoms with Crippen molar-refractivity contribution in [3.8, 4) is 0 Å². The Balaban J connectivity index is 1.32. The van der Waals surface area contributed by atoms with Gasteiger partial charge in [0.05, 0.1) is 5.92 Å². The monoisotopic (exact) mass is 403 g/mol. The second kappa shape index (κ2) is 9.16. The Morgan fingerprint density at radius 2 is 1.90 bits per heavy atom. The minimum atomic E-state index is -0.147. The van der Waals surface area contributed by atoms with E-state index in [1.165, 1.54) is 5.56 Å². The van der Waals surface area contributed by atoms with E-state index in [0.29, 0.717) is 18.8 Å². The fraction of sp³-hybridized carbons (Fsp3) is 0.360. The molecule has 1 aliphatic rings. The summed E-state index contributed by atoms with van der Waals surface area (Å²) in [4.78, 5) is 30.8. The van der Waals surface area contributed by atoms with Crippen LogP contribution in [0.2, 0.25) is 0 Å². The number of aromatic amines is 1. The number of nitrogens with zero attached hydrogens (tertiary/aromatic N) is 1. The highest BCUT2D eigenvalue weighted by molar-refractivity contribution is 5.98. The fourth-order valence-corrected chi connectivity index (χ4v) is 4.20. The number of aryl methyl sites for hydroxylation is 1. The number of piperidine rings is 1. The average molecular weight is 404 g/mol. The highest BCUT2D eigenvalue weighted by Gasteiger charge is 2.30. The van der Waals surface area contributed by atoms with Crippen molar-refractivity contribution in [2.45, 2.75) is 38.6 Å². The van der Waals surface area contributed by atoms with Crippen LogP contribution in [-0.2, 0) is 11.2 Å². The Labute approximate surface area is 177 Å². The van der Waals surface area contributed by atoms with Crippen molar-refractivity contribution in [1.29, 1.82) is 0 Å². The van der Waals surface area contributed by atoms with Gasteiger partial charge in [-0.25, -0.2) is 0 Å². The molecule has 2 heterocycles. The zero-order valence-electron chi connectivity index (χ0n) is 17.4. The van der Waals surface area contributed by atoms with Gasteiger partial charge < -0.3 is 15.2 Å². The van der Waals surface area contributed by atoms with Crippen LogP contribution in [0.1, 0.15) is 42.2 Å². The molecule has 1 aliphatic heterocycles. The van der Waals surface area contributed by atoms with Crippen LogP contribution in [0.4, 0.5) is 0 Å². The molecule has 1 aromatic heterocycles. The Kier molecular flexibility index (Phi) is 6.17. The van der Waals surface area contributed by atoms with Crippen molar-refractivity contribution in [1.82, 2.24) is 15.2 Å². The van der Waals surface area contributed by atoms with Crippen LogP contribution in [0.15, 0.2) is 60.7 Å². The number of hydrogen-bond donors (Lipinski definition) is 2. The lowest BCUT2D eigenvalue weighted by atomic mass is 9.96. The van der Waals surface area contributed by atoms with Gasteiger partial charge >= 0.3 is 0 Å². The number of H-pyrrole nitrogens is 1. The molecule has 4 rings (SSSR count). The van der Waals surface area contributed by atoms with E-state index < -0.39 is 0 Å². The summed E-state index contributed by atoms with van der Waals surface area (Å²) in [5, 5.41) is 4.18. The third-order valence-electron chi connectivity index (χ3n) is 5.94. The maximum atomic E-state index is 13.0. The lowest BCUT2D eigenvalue weighted by Crippen LogP contribution is -2.47. The van der Waals surface area contributed by atoms with Crippen LogP contribution in [0.25, 0.3) is 10.9 Å². The standard InChI is InChI=1S/C25H29N3O2/c1-18(13-14-19-8-3-2-4-9-19)26-24(29)21-11-7-15-28(17-21)25(30)23-16-20-10-5-6-12-22(20)27-23/h2-6,8-10,12,16,18,21,27H,7,11,13-15,17H2,1H3,(H,26,29)/t18-,21-/m1/s1. The molecule has 0 spiro atoms. The predicted octanol–water partition coefficient (Wildman–Crippen LogP) is 4.16. The number of carbonyl (C=O) groups excluding carboxylic acids is 2. The molecule has 0 aliphatic carbocycles. The first-order valence-electron chi connectivity index (χ1n) is 10.8. The second-order valence-electron chi connectivity index (χ2n) is 8.29. The number of rotatable bonds is 6. The number of fused-ring (bicyclic) bond motifs is 1. The number of para-hydroxylation sites is 1. The van der Waals surface area contributed by atoms with Crippen LogP contribution in [0, 0.1) is 5.92 Å². The number of amides is 2. The molecule has 0 saturated carbocycles. The molecular weight excluding hydrogens is 374 g/mol. The van der Waals surface area contributed by atoms with Crippen LogP contribution in [0.3, 0.4) is 0 Å². The number of aromatic nitrogens is 1. The first kappa shape index (κ1) is 20.2. The third kappa shape index (κ3) is 4.73. The number of likely N-dealkylation sites (tertiary alicyclic amines) is 1. The summed E-state index contributed by atoms with van der Waals surface area (Å²) < 4.78 is 0. The van der Waals surface area contributed by atoms with E-state index in [2.05, 4.69) is 29.4 Å². The molecular formula is C25H29N3O2. The number of carbonyl (C=O) groups is 2. The zero-order valence-corrected chi connectivity index (χ0v) is 17.4. The SMILES string of the molecule is C[C@H](CCc1ccccc1)NC(=O)[C@@H]1CCCN(C(=O)c2cc3ccccc3[nH]2)C1. The van der Waals surface area contributed by atoms with Gasteiger partial charge in [-0.05, 0) is 50.3 Å². The molecule has 30 heavy (non-hydrogen) atoms. The van der Waals surface area contributed by atoms with Gasteiger partial charge in [-0.1, -0.05) is 48.5 Å². The molecule has 0 bridgehead atoms. The summed E-state index contributed by atoms with van der Waals surface area (Å²) in [6.07, 6.45) is 3.52. The van der Waals surface area contributed by atoms with Crippen LogP contribution >= 0.6 is 0 Å². The van der Waals surface area contributed by atoms with Crippen LogP contribution in [-0.4, -0.2) is 40.8 Å².